The Bertz CT molecular complexity index is 225. The summed E-state index contributed by atoms with van der Waals surface area (Å²) in [5, 5.41) is 15.7. The molecule has 0 aromatic heterocycles. The van der Waals surface area contributed by atoms with Gasteiger partial charge in [0.2, 0.25) is 5.91 Å². The molecule has 3 N–H and O–H groups in total. The van der Waals surface area contributed by atoms with Gasteiger partial charge in [-0.25, -0.2) is 0 Å². The Morgan fingerprint density at radius 1 is 1.64 bits per heavy atom. The van der Waals surface area contributed by atoms with Gasteiger partial charge in [-0.2, -0.15) is 0 Å². The van der Waals surface area contributed by atoms with Gasteiger partial charge >= 0.3 is 0 Å². The van der Waals surface area contributed by atoms with Gasteiger partial charge in [0.05, 0.1) is 11.6 Å². The summed E-state index contributed by atoms with van der Waals surface area (Å²) in [7, 11) is 0. The van der Waals surface area contributed by atoms with Crippen molar-refractivity contribution in [1.29, 1.82) is 0 Å². The Hall–Kier alpha value is -0.260. The number of amides is 1. The van der Waals surface area contributed by atoms with Gasteiger partial charge < -0.3 is 10.4 Å². The van der Waals surface area contributed by atoms with Crippen molar-refractivity contribution in [3.05, 3.63) is 0 Å². The van der Waals surface area contributed by atoms with E-state index in [-0.39, 0.29) is 11.9 Å². The monoisotopic (exact) mass is 216 g/mol. The van der Waals surface area contributed by atoms with Crippen LogP contribution in [0.4, 0.5) is 0 Å². The third-order valence-electron chi connectivity index (χ3n) is 2.91. The number of carbonyl (C=O) groups is 1. The zero-order chi connectivity index (χ0) is 10.0. The second-order valence-corrected chi connectivity index (χ2v) is 5.10. The molecule has 5 heteroatoms. The predicted molar refractivity (Wildman–Crippen MR) is 56.1 cm³/mol. The summed E-state index contributed by atoms with van der Waals surface area (Å²) in [5.41, 5.74) is -0.610. The summed E-state index contributed by atoms with van der Waals surface area (Å²) in [6.07, 6.45) is 2.71. The highest BCUT2D eigenvalue weighted by Gasteiger charge is 2.35. The van der Waals surface area contributed by atoms with Crippen molar-refractivity contribution in [2.24, 2.45) is 0 Å². The summed E-state index contributed by atoms with van der Waals surface area (Å²) >= 11 is 1.73. The van der Waals surface area contributed by atoms with Crippen LogP contribution in [0.3, 0.4) is 0 Å². The van der Waals surface area contributed by atoms with Crippen molar-refractivity contribution in [2.75, 3.05) is 18.2 Å². The zero-order valence-electron chi connectivity index (χ0n) is 8.08. The molecule has 2 rings (SSSR count). The Morgan fingerprint density at radius 3 is 2.93 bits per heavy atom. The number of hydrogen-bond donors (Lipinski definition) is 3. The number of rotatable bonds is 3. The highest BCUT2D eigenvalue weighted by molar-refractivity contribution is 7.99. The first-order chi connectivity index (χ1) is 6.70. The van der Waals surface area contributed by atoms with E-state index in [4.69, 9.17) is 0 Å². The average molecular weight is 216 g/mol. The van der Waals surface area contributed by atoms with Crippen molar-refractivity contribution in [3.8, 4) is 0 Å². The Kier molecular flexibility index (Phi) is 2.99. The molecule has 1 aliphatic carbocycles. The minimum absolute atomic E-state index is 0.0234. The lowest BCUT2D eigenvalue weighted by atomic mass is 9.80. The van der Waals surface area contributed by atoms with Crippen LogP contribution in [-0.2, 0) is 4.79 Å². The zero-order valence-corrected chi connectivity index (χ0v) is 8.90. The van der Waals surface area contributed by atoms with E-state index in [9.17, 15) is 9.90 Å². The maximum atomic E-state index is 11.5. The first kappa shape index (κ1) is 10.3. The fourth-order valence-corrected chi connectivity index (χ4v) is 2.64. The molecule has 0 spiro atoms. The van der Waals surface area contributed by atoms with Crippen LogP contribution < -0.4 is 10.6 Å². The van der Waals surface area contributed by atoms with Crippen molar-refractivity contribution >= 4 is 17.7 Å². The number of aliphatic hydroxyl groups is 1. The molecule has 4 nitrogen and oxygen atoms in total. The van der Waals surface area contributed by atoms with Crippen LogP contribution in [0, 0.1) is 0 Å². The normalized spacial score (nSPS) is 29.6. The average Bonchev–Trinajstić information content (AvgIpc) is 2.63. The summed E-state index contributed by atoms with van der Waals surface area (Å²) in [6, 6.07) is -0.0660. The van der Waals surface area contributed by atoms with Crippen molar-refractivity contribution in [2.45, 2.75) is 30.9 Å². The van der Waals surface area contributed by atoms with E-state index in [0.717, 1.165) is 30.9 Å². The Morgan fingerprint density at radius 2 is 2.43 bits per heavy atom. The molecule has 1 aliphatic heterocycles. The van der Waals surface area contributed by atoms with Gasteiger partial charge in [0.25, 0.3) is 0 Å². The van der Waals surface area contributed by atoms with E-state index in [1.807, 2.05) is 0 Å². The van der Waals surface area contributed by atoms with Gasteiger partial charge in [-0.05, 0) is 19.3 Å². The lowest BCUT2D eigenvalue weighted by Gasteiger charge is -2.36. The van der Waals surface area contributed by atoms with E-state index < -0.39 is 5.60 Å². The maximum absolute atomic E-state index is 11.5. The van der Waals surface area contributed by atoms with E-state index in [1.165, 1.54) is 0 Å². The summed E-state index contributed by atoms with van der Waals surface area (Å²) in [5.74, 6) is 1.71. The van der Waals surface area contributed by atoms with E-state index in [1.54, 1.807) is 11.8 Å². The predicted octanol–water partition coefficient (Wildman–Crippen LogP) is -0.320. The van der Waals surface area contributed by atoms with E-state index in [0.29, 0.717) is 6.54 Å². The molecule has 1 amide bonds. The van der Waals surface area contributed by atoms with Crippen molar-refractivity contribution in [3.63, 3.8) is 0 Å². The van der Waals surface area contributed by atoms with Crippen molar-refractivity contribution < 1.29 is 9.90 Å². The molecule has 0 radical (unpaired) electrons. The van der Waals surface area contributed by atoms with Crippen molar-refractivity contribution in [1.82, 2.24) is 10.6 Å². The van der Waals surface area contributed by atoms with Crippen LogP contribution in [0.15, 0.2) is 0 Å². The molecule has 80 valence electrons. The van der Waals surface area contributed by atoms with Crippen LogP contribution in [0.1, 0.15) is 19.3 Å². The standard InChI is InChI=1S/C9H16N2O2S/c12-8(7-4-14-6-11-7)10-5-9(13)2-1-3-9/h7,11,13H,1-6H2,(H,10,12). The molecule has 0 aromatic rings. The minimum Gasteiger partial charge on any atom is -0.388 e. The quantitative estimate of drug-likeness (QED) is 0.605. The summed E-state index contributed by atoms with van der Waals surface area (Å²) in [6.45, 7) is 0.411. The third kappa shape index (κ3) is 2.21. The first-order valence-corrected chi connectivity index (χ1v) is 6.16. The van der Waals surface area contributed by atoms with Crippen LogP contribution >= 0.6 is 11.8 Å². The molecule has 1 heterocycles. The molecule has 0 aromatic carbocycles. The third-order valence-corrected chi connectivity index (χ3v) is 3.85. The molecular formula is C9H16N2O2S. The fourth-order valence-electron chi connectivity index (χ4n) is 1.70. The van der Waals surface area contributed by atoms with Gasteiger partial charge in [-0.15, -0.1) is 11.8 Å². The molecule has 1 saturated carbocycles. The number of carbonyl (C=O) groups excluding carboxylic acids is 1. The molecular weight excluding hydrogens is 200 g/mol. The number of hydrogen-bond acceptors (Lipinski definition) is 4. The highest BCUT2D eigenvalue weighted by Crippen LogP contribution is 2.30. The topological polar surface area (TPSA) is 61.4 Å². The lowest BCUT2D eigenvalue weighted by Crippen LogP contribution is -2.51. The smallest absolute Gasteiger partial charge is 0.238 e. The Labute approximate surface area is 87.8 Å². The molecule has 14 heavy (non-hydrogen) atoms. The SMILES string of the molecule is O=C(NCC1(O)CCC1)C1CSCN1. The van der Waals surface area contributed by atoms with Crippen LogP contribution in [0.25, 0.3) is 0 Å². The summed E-state index contributed by atoms with van der Waals surface area (Å²) < 4.78 is 0. The largest absolute Gasteiger partial charge is 0.388 e. The fraction of sp³-hybridized carbons (Fsp3) is 0.889. The maximum Gasteiger partial charge on any atom is 0.238 e. The number of thioether (sulfide) groups is 1. The molecule has 1 saturated heterocycles. The van der Waals surface area contributed by atoms with E-state index in [2.05, 4.69) is 10.6 Å². The molecule has 2 aliphatic rings. The van der Waals surface area contributed by atoms with Gasteiger partial charge in [-0.3, -0.25) is 10.1 Å². The van der Waals surface area contributed by atoms with Gasteiger partial charge in [0, 0.05) is 18.2 Å². The molecule has 1 unspecified atom stereocenters. The second kappa shape index (κ2) is 4.08. The lowest BCUT2D eigenvalue weighted by molar-refractivity contribution is -0.124. The van der Waals surface area contributed by atoms with Gasteiger partial charge in [-0.1, -0.05) is 0 Å². The van der Waals surface area contributed by atoms with Gasteiger partial charge in [0.15, 0.2) is 0 Å². The molecule has 0 bridgehead atoms. The molecule has 2 fully saturated rings. The van der Waals surface area contributed by atoms with Crippen LogP contribution in [0.5, 0.6) is 0 Å². The summed E-state index contributed by atoms with van der Waals surface area (Å²) in [4.78, 5) is 11.5. The Balaban J connectivity index is 1.71. The molecule has 1 atom stereocenters. The van der Waals surface area contributed by atoms with Crippen LogP contribution in [-0.4, -0.2) is 40.8 Å². The van der Waals surface area contributed by atoms with Gasteiger partial charge in [0.1, 0.15) is 0 Å². The number of nitrogens with one attached hydrogen (secondary N) is 2. The first-order valence-electron chi connectivity index (χ1n) is 5.01. The second-order valence-electron chi connectivity index (χ2n) is 4.07. The minimum atomic E-state index is -0.610. The van der Waals surface area contributed by atoms with E-state index >= 15 is 0 Å². The van der Waals surface area contributed by atoms with Crippen LogP contribution in [0.2, 0.25) is 0 Å². The highest BCUT2D eigenvalue weighted by atomic mass is 32.2.